The normalized spacial score (nSPS) is 11.0. The monoisotopic (exact) mass is 472 g/mol. The molecule has 0 amide bonds. The fourth-order valence-corrected chi connectivity index (χ4v) is 4.33. The molecule has 0 aliphatic carbocycles. The third kappa shape index (κ3) is 5.46. The van der Waals surface area contributed by atoms with Crippen molar-refractivity contribution in [3.8, 4) is 11.5 Å². The van der Waals surface area contributed by atoms with Gasteiger partial charge >= 0.3 is 7.82 Å². The standard InChI is InChI=1S/C28H25O5P/c1-2-32-24-19-12-20-25(33-34(29,30)31)28(24)27(23-17-10-5-11-18-23)26(21-13-6-3-7-14-21)22-15-8-4-9-16-22/h3-20H,2H2,1H3,(H2,29,30,31). The van der Waals surface area contributed by atoms with Crippen LogP contribution in [-0.2, 0) is 4.57 Å². The highest BCUT2D eigenvalue weighted by atomic mass is 31.2. The molecule has 0 spiro atoms. The second-order valence-electron chi connectivity index (χ2n) is 7.49. The first-order valence-electron chi connectivity index (χ1n) is 10.9. The van der Waals surface area contributed by atoms with Crippen molar-refractivity contribution in [1.29, 1.82) is 0 Å². The van der Waals surface area contributed by atoms with Gasteiger partial charge in [-0.3, -0.25) is 9.79 Å². The maximum Gasteiger partial charge on any atom is 0.524 e. The van der Waals surface area contributed by atoms with Gasteiger partial charge in [-0.15, -0.1) is 0 Å². The Labute approximate surface area is 199 Å². The molecule has 0 aliphatic heterocycles. The van der Waals surface area contributed by atoms with Crippen LogP contribution < -0.4 is 9.26 Å². The van der Waals surface area contributed by atoms with Crippen LogP contribution in [0.2, 0.25) is 0 Å². The van der Waals surface area contributed by atoms with Crippen LogP contribution in [0.4, 0.5) is 0 Å². The summed E-state index contributed by atoms with van der Waals surface area (Å²) < 4.78 is 23.1. The molecular weight excluding hydrogens is 447 g/mol. The molecular formula is C28H25O5P. The van der Waals surface area contributed by atoms with Crippen molar-refractivity contribution in [2.75, 3.05) is 6.61 Å². The minimum atomic E-state index is -4.84. The molecule has 0 heterocycles. The highest BCUT2D eigenvalue weighted by molar-refractivity contribution is 7.46. The molecule has 4 aromatic rings. The second kappa shape index (κ2) is 10.5. The summed E-state index contributed by atoms with van der Waals surface area (Å²) >= 11 is 0. The Morgan fingerprint density at radius 2 is 1.09 bits per heavy atom. The van der Waals surface area contributed by atoms with Crippen molar-refractivity contribution in [3.05, 3.63) is 131 Å². The Kier molecular flexibility index (Phi) is 7.29. The third-order valence-electron chi connectivity index (χ3n) is 5.19. The van der Waals surface area contributed by atoms with Gasteiger partial charge in [-0.2, -0.15) is 0 Å². The molecule has 5 nitrogen and oxygen atoms in total. The number of phosphoric ester groups is 1. The van der Waals surface area contributed by atoms with Gasteiger partial charge in [-0.1, -0.05) is 97.1 Å². The minimum absolute atomic E-state index is 0.0440. The van der Waals surface area contributed by atoms with Gasteiger partial charge in [0.25, 0.3) is 0 Å². The molecule has 0 radical (unpaired) electrons. The van der Waals surface area contributed by atoms with Crippen molar-refractivity contribution in [1.82, 2.24) is 0 Å². The van der Waals surface area contributed by atoms with Crippen molar-refractivity contribution >= 4 is 19.0 Å². The van der Waals surface area contributed by atoms with Gasteiger partial charge < -0.3 is 9.26 Å². The Morgan fingerprint density at radius 3 is 1.53 bits per heavy atom. The lowest BCUT2D eigenvalue weighted by molar-refractivity contribution is 0.281. The number of rotatable bonds is 8. The van der Waals surface area contributed by atoms with E-state index < -0.39 is 7.82 Å². The van der Waals surface area contributed by atoms with Crippen molar-refractivity contribution < 1.29 is 23.6 Å². The van der Waals surface area contributed by atoms with E-state index in [1.165, 1.54) is 0 Å². The van der Waals surface area contributed by atoms with E-state index in [0.717, 1.165) is 27.8 Å². The Bertz CT molecular complexity index is 1270. The first-order chi connectivity index (χ1) is 16.5. The fraction of sp³-hybridized carbons (Fsp3) is 0.0714. The highest BCUT2D eigenvalue weighted by Crippen LogP contribution is 2.48. The molecule has 0 aromatic heterocycles. The topological polar surface area (TPSA) is 76.0 Å². The quantitative estimate of drug-likeness (QED) is 0.224. The summed E-state index contributed by atoms with van der Waals surface area (Å²) in [4.78, 5) is 19.3. The zero-order valence-electron chi connectivity index (χ0n) is 18.7. The summed E-state index contributed by atoms with van der Waals surface area (Å²) in [6, 6.07) is 34.5. The lowest BCUT2D eigenvalue weighted by atomic mass is 9.85. The molecule has 4 aromatic carbocycles. The largest absolute Gasteiger partial charge is 0.524 e. The van der Waals surface area contributed by atoms with E-state index in [2.05, 4.69) is 0 Å². The van der Waals surface area contributed by atoms with Crippen LogP contribution in [0.1, 0.15) is 29.2 Å². The molecule has 0 saturated heterocycles. The van der Waals surface area contributed by atoms with Crippen LogP contribution in [-0.4, -0.2) is 16.4 Å². The van der Waals surface area contributed by atoms with Gasteiger partial charge in [0.1, 0.15) is 11.5 Å². The number of hydrogen-bond donors (Lipinski definition) is 2. The molecule has 0 saturated carbocycles. The predicted octanol–water partition coefficient (Wildman–Crippen LogP) is 6.56. The summed E-state index contributed by atoms with van der Waals surface area (Å²) in [6.07, 6.45) is 0. The van der Waals surface area contributed by atoms with Gasteiger partial charge in [0.05, 0.1) is 12.2 Å². The number of hydrogen-bond acceptors (Lipinski definition) is 3. The number of ether oxygens (including phenoxy) is 1. The van der Waals surface area contributed by atoms with Crippen LogP contribution in [0, 0.1) is 0 Å². The van der Waals surface area contributed by atoms with Gasteiger partial charge in [0.2, 0.25) is 0 Å². The summed E-state index contributed by atoms with van der Waals surface area (Å²) in [7, 11) is -4.84. The van der Waals surface area contributed by atoms with E-state index in [9.17, 15) is 14.4 Å². The molecule has 6 heteroatoms. The van der Waals surface area contributed by atoms with Crippen LogP contribution >= 0.6 is 7.82 Å². The highest BCUT2D eigenvalue weighted by Gasteiger charge is 2.26. The maximum atomic E-state index is 11.9. The molecule has 0 unspecified atom stereocenters. The Balaban J connectivity index is 2.17. The molecule has 0 aliphatic rings. The van der Waals surface area contributed by atoms with Crippen LogP contribution in [0.3, 0.4) is 0 Å². The Morgan fingerprint density at radius 1 is 0.647 bits per heavy atom. The summed E-state index contributed by atoms with van der Waals surface area (Å²) in [5.74, 6) is 0.513. The molecule has 0 fully saturated rings. The van der Waals surface area contributed by atoms with Crippen LogP contribution in [0.25, 0.3) is 11.1 Å². The molecule has 4 rings (SSSR count). The average molecular weight is 472 g/mol. The molecule has 0 atom stereocenters. The van der Waals surface area contributed by atoms with E-state index in [1.54, 1.807) is 18.2 Å². The van der Waals surface area contributed by atoms with Crippen LogP contribution in [0.15, 0.2) is 109 Å². The molecule has 172 valence electrons. The van der Waals surface area contributed by atoms with Crippen molar-refractivity contribution in [2.45, 2.75) is 6.92 Å². The van der Waals surface area contributed by atoms with E-state index >= 15 is 0 Å². The fourth-order valence-electron chi connectivity index (χ4n) is 3.92. The van der Waals surface area contributed by atoms with Crippen molar-refractivity contribution in [2.24, 2.45) is 0 Å². The predicted molar refractivity (Wildman–Crippen MR) is 135 cm³/mol. The van der Waals surface area contributed by atoms with Crippen molar-refractivity contribution in [3.63, 3.8) is 0 Å². The summed E-state index contributed by atoms with van der Waals surface area (Å²) in [6.45, 7) is 2.24. The first-order valence-corrected chi connectivity index (χ1v) is 12.4. The van der Waals surface area contributed by atoms with Crippen LogP contribution in [0.5, 0.6) is 11.5 Å². The minimum Gasteiger partial charge on any atom is -0.493 e. The smallest absolute Gasteiger partial charge is 0.493 e. The van der Waals surface area contributed by atoms with Gasteiger partial charge in [-0.05, 0) is 41.3 Å². The zero-order chi connectivity index (χ0) is 24.0. The van der Waals surface area contributed by atoms with E-state index in [0.29, 0.717) is 17.9 Å². The van der Waals surface area contributed by atoms with Gasteiger partial charge in [0.15, 0.2) is 0 Å². The Hall–Kier alpha value is -3.63. The van der Waals surface area contributed by atoms with Gasteiger partial charge in [0, 0.05) is 5.57 Å². The lowest BCUT2D eigenvalue weighted by Crippen LogP contribution is -2.04. The number of benzene rings is 4. The summed E-state index contributed by atoms with van der Waals surface area (Å²) in [5, 5.41) is 0. The first kappa shape index (κ1) is 23.5. The SMILES string of the molecule is CCOc1cccc(OP(=O)(O)O)c1C(=C(c1ccccc1)c1ccccc1)c1ccccc1. The van der Waals surface area contributed by atoms with E-state index in [1.807, 2.05) is 97.9 Å². The van der Waals surface area contributed by atoms with E-state index in [4.69, 9.17) is 9.26 Å². The zero-order valence-corrected chi connectivity index (χ0v) is 19.6. The van der Waals surface area contributed by atoms with Gasteiger partial charge in [-0.25, -0.2) is 4.57 Å². The average Bonchev–Trinajstić information content (AvgIpc) is 2.84. The second-order valence-corrected chi connectivity index (χ2v) is 8.66. The maximum absolute atomic E-state index is 11.9. The van der Waals surface area contributed by atoms with E-state index in [-0.39, 0.29) is 5.75 Å². The third-order valence-corrected chi connectivity index (χ3v) is 5.63. The lowest BCUT2D eigenvalue weighted by Gasteiger charge is -2.22. The summed E-state index contributed by atoms with van der Waals surface area (Å²) in [5.41, 5.74) is 4.84. The molecule has 2 N–H and O–H groups in total. The molecule has 0 bridgehead atoms. The number of phosphoric acid groups is 1. The molecule has 34 heavy (non-hydrogen) atoms.